The highest BCUT2D eigenvalue weighted by Gasteiger charge is 2.48. The number of carbonyl (C=O) groups excluding carboxylic acids is 1. The Morgan fingerprint density at radius 2 is 1.88 bits per heavy atom. The standard InChI is InChI=1S/C38H39ClN8O3/c1-23(48)14-40-15-24-12-32-36(41-16-24)33(19-45(32)2)47-31-9-5-6-26(29(31)17-43-47)27-7-4-8-28(35(27)39)30-11-10-25(37(44-30)50-3)18-46-21-38(22-46)13-34(49)42-20-38/h4-12,16-17,19,23,40,48H,13-15,18,20-22H2,1-3H3,(H,42,49)/t23-/m1/s1. The Labute approximate surface area is 294 Å². The van der Waals surface area contributed by atoms with E-state index in [9.17, 15) is 9.90 Å². The summed E-state index contributed by atoms with van der Waals surface area (Å²) in [5.41, 5.74) is 9.18. The van der Waals surface area contributed by atoms with E-state index < -0.39 is 6.10 Å². The van der Waals surface area contributed by atoms with Crippen LogP contribution >= 0.6 is 11.6 Å². The number of aliphatic hydroxyl groups is 1. The molecule has 0 bridgehead atoms. The first-order valence-corrected chi connectivity index (χ1v) is 17.2. The molecule has 0 radical (unpaired) electrons. The van der Waals surface area contributed by atoms with Crippen molar-refractivity contribution in [3.05, 3.63) is 89.3 Å². The minimum Gasteiger partial charge on any atom is -0.481 e. The number of carbonyl (C=O) groups is 1. The Hall–Kier alpha value is -4.81. The van der Waals surface area contributed by atoms with Gasteiger partial charge in [-0.1, -0.05) is 48.0 Å². The van der Waals surface area contributed by atoms with Crippen LogP contribution in [0.2, 0.25) is 5.02 Å². The highest BCUT2D eigenvalue weighted by molar-refractivity contribution is 6.36. The summed E-state index contributed by atoms with van der Waals surface area (Å²) in [4.78, 5) is 23.8. The highest BCUT2D eigenvalue weighted by atomic mass is 35.5. The lowest BCUT2D eigenvalue weighted by Gasteiger charge is -2.47. The topological polar surface area (TPSA) is 122 Å². The molecule has 1 spiro atoms. The molecule has 256 valence electrons. The van der Waals surface area contributed by atoms with Crippen LogP contribution in [-0.4, -0.2) is 79.6 Å². The fraction of sp³-hybridized carbons (Fsp3) is 0.316. The van der Waals surface area contributed by atoms with E-state index in [1.54, 1.807) is 14.0 Å². The molecular formula is C38H39ClN8O3. The Bertz CT molecular complexity index is 2250. The number of ether oxygens (including phenoxy) is 1. The Kier molecular flexibility index (Phi) is 8.31. The smallest absolute Gasteiger partial charge is 0.220 e. The molecular weight excluding hydrogens is 652 g/mol. The molecule has 1 atom stereocenters. The third kappa shape index (κ3) is 5.79. The SMILES string of the molecule is COc1nc(-c2cccc(-c3cccc4c3cnn4-c3cn(C)c4cc(CNC[C@@H](C)O)cnc34)c2Cl)ccc1CN1CC2(CNC(=O)C2)C1. The number of hydrogen-bond acceptors (Lipinski definition) is 8. The Morgan fingerprint density at radius 3 is 2.66 bits per heavy atom. The number of likely N-dealkylation sites (tertiary alicyclic amines) is 1. The van der Waals surface area contributed by atoms with Gasteiger partial charge in [0.2, 0.25) is 11.8 Å². The molecule has 4 aromatic heterocycles. The molecule has 3 N–H and O–H groups in total. The van der Waals surface area contributed by atoms with Crippen LogP contribution in [0.25, 0.3) is 50.0 Å². The number of nitrogens with zero attached hydrogens (tertiary/aromatic N) is 6. The molecule has 6 heterocycles. The van der Waals surface area contributed by atoms with Crippen LogP contribution in [0.15, 0.2) is 73.2 Å². The Balaban J connectivity index is 1.08. The van der Waals surface area contributed by atoms with Crippen molar-refractivity contribution >= 4 is 39.4 Å². The summed E-state index contributed by atoms with van der Waals surface area (Å²) in [7, 11) is 3.65. The van der Waals surface area contributed by atoms with Crippen LogP contribution < -0.4 is 15.4 Å². The van der Waals surface area contributed by atoms with Gasteiger partial charge in [0.25, 0.3) is 0 Å². The van der Waals surface area contributed by atoms with Crippen LogP contribution in [0.5, 0.6) is 5.88 Å². The zero-order chi connectivity index (χ0) is 34.6. The molecule has 8 rings (SSSR count). The first kappa shape index (κ1) is 32.4. The van der Waals surface area contributed by atoms with Crippen molar-refractivity contribution < 1.29 is 14.6 Å². The number of hydrogen-bond donors (Lipinski definition) is 3. The lowest BCUT2D eigenvalue weighted by atomic mass is 9.79. The molecule has 12 heteroatoms. The van der Waals surface area contributed by atoms with Gasteiger partial charge < -0.3 is 25.0 Å². The minimum atomic E-state index is -0.408. The van der Waals surface area contributed by atoms with E-state index in [2.05, 4.69) is 44.4 Å². The Morgan fingerprint density at radius 1 is 1.08 bits per heavy atom. The number of benzene rings is 2. The van der Waals surface area contributed by atoms with Gasteiger partial charge in [0.15, 0.2) is 0 Å². The molecule has 50 heavy (non-hydrogen) atoms. The number of amides is 1. The summed E-state index contributed by atoms with van der Waals surface area (Å²) in [6.07, 6.45) is 6.00. The van der Waals surface area contributed by atoms with Crippen LogP contribution in [0.4, 0.5) is 0 Å². The summed E-state index contributed by atoms with van der Waals surface area (Å²) in [6, 6.07) is 18.3. The summed E-state index contributed by atoms with van der Waals surface area (Å²) in [5, 5.41) is 22.2. The van der Waals surface area contributed by atoms with Crippen LogP contribution in [-0.2, 0) is 24.9 Å². The molecule has 0 aliphatic carbocycles. The van der Waals surface area contributed by atoms with Crippen molar-refractivity contribution in [2.75, 3.05) is 33.3 Å². The molecule has 11 nitrogen and oxygen atoms in total. The van der Waals surface area contributed by atoms with Gasteiger partial charge in [0, 0.05) is 92.6 Å². The quantitative estimate of drug-likeness (QED) is 0.182. The van der Waals surface area contributed by atoms with Crippen molar-refractivity contribution in [2.24, 2.45) is 12.5 Å². The van der Waals surface area contributed by atoms with Gasteiger partial charge in [-0.05, 0) is 36.2 Å². The molecule has 2 aromatic carbocycles. The second-order valence-corrected chi connectivity index (χ2v) is 14.1. The predicted molar refractivity (Wildman–Crippen MR) is 194 cm³/mol. The second kappa shape index (κ2) is 12.8. The zero-order valence-electron chi connectivity index (χ0n) is 28.3. The van der Waals surface area contributed by atoms with Crippen LogP contribution in [0, 0.1) is 5.41 Å². The van der Waals surface area contributed by atoms with Crippen LogP contribution in [0.3, 0.4) is 0 Å². The maximum Gasteiger partial charge on any atom is 0.220 e. The first-order valence-electron chi connectivity index (χ1n) is 16.8. The van der Waals surface area contributed by atoms with Crippen LogP contribution in [0.1, 0.15) is 24.5 Å². The summed E-state index contributed by atoms with van der Waals surface area (Å²) in [5.74, 6) is 0.716. The van der Waals surface area contributed by atoms with Gasteiger partial charge >= 0.3 is 0 Å². The number of aryl methyl sites for hydroxylation is 1. The number of methoxy groups -OCH3 is 1. The van der Waals surface area contributed by atoms with Gasteiger partial charge in [0.1, 0.15) is 11.2 Å². The molecule has 0 unspecified atom stereocenters. The number of fused-ring (bicyclic) bond motifs is 2. The van der Waals surface area contributed by atoms with E-state index in [-0.39, 0.29) is 11.3 Å². The number of rotatable bonds is 10. The fourth-order valence-corrected chi connectivity index (χ4v) is 7.84. The number of aliphatic hydroxyl groups excluding tert-OH is 1. The lowest BCUT2D eigenvalue weighted by molar-refractivity contribution is -0.120. The molecule has 6 aromatic rings. The fourth-order valence-electron chi connectivity index (χ4n) is 7.51. The lowest BCUT2D eigenvalue weighted by Crippen LogP contribution is -2.56. The monoisotopic (exact) mass is 690 g/mol. The predicted octanol–water partition coefficient (Wildman–Crippen LogP) is 5.10. The number of halogens is 1. The van der Waals surface area contributed by atoms with E-state index in [0.29, 0.717) is 37.0 Å². The normalized spacial score (nSPS) is 16.3. The number of aromatic nitrogens is 5. The van der Waals surface area contributed by atoms with Crippen molar-refractivity contribution in [3.8, 4) is 34.0 Å². The van der Waals surface area contributed by atoms with Crippen molar-refractivity contribution in [1.29, 1.82) is 0 Å². The van der Waals surface area contributed by atoms with E-state index in [1.807, 2.05) is 60.7 Å². The summed E-state index contributed by atoms with van der Waals surface area (Å²) in [6.45, 7) is 6.13. The van der Waals surface area contributed by atoms with Gasteiger partial charge in [-0.15, -0.1) is 0 Å². The molecule has 2 saturated heterocycles. The van der Waals surface area contributed by atoms with Gasteiger partial charge in [-0.25, -0.2) is 9.67 Å². The molecule has 1 amide bonds. The summed E-state index contributed by atoms with van der Waals surface area (Å²) < 4.78 is 9.75. The molecule has 0 saturated carbocycles. The third-order valence-corrected chi connectivity index (χ3v) is 10.3. The maximum absolute atomic E-state index is 11.8. The van der Waals surface area contributed by atoms with Gasteiger partial charge in [-0.3, -0.25) is 14.7 Å². The van der Waals surface area contributed by atoms with E-state index >= 15 is 0 Å². The van der Waals surface area contributed by atoms with Crippen molar-refractivity contribution in [1.82, 2.24) is 39.8 Å². The molecule has 2 fully saturated rings. The van der Waals surface area contributed by atoms with Gasteiger partial charge in [0.05, 0.1) is 41.2 Å². The average Bonchev–Trinajstić information content (AvgIpc) is 3.79. The highest BCUT2D eigenvalue weighted by Crippen LogP contribution is 2.41. The maximum atomic E-state index is 11.8. The third-order valence-electron chi connectivity index (χ3n) is 9.88. The second-order valence-electron chi connectivity index (χ2n) is 13.7. The van der Waals surface area contributed by atoms with Crippen molar-refractivity contribution in [3.63, 3.8) is 0 Å². The zero-order valence-corrected chi connectivity index (χ0v) is 29.0. The van der Waals surface area contributed by atoms with E-state index in [0.717, 1.165) is 80.8 Å². The van der Waals surface area contributed by atoms with Gasteiger partial charge in [-0.2, -0.15) is 5.10 Å². The van der Waals surface area contributed by atoms with E-state index in [1.165, 1.54) is 0 Å². The molecule has 2 aliphatic rings. The first-order chi connectivity index (χ1) is 24.2. The van der Waals surface area contributed by atoms with Crippen molar-refractivity contribution in [2.45, 2.75) is 32.5 Å². The van der Waals surface area contributed by atoms with E-state index in [4.69, 9.17) is 31.4 Å². The summed E-state index contributed by atoms with van der Waals surface area (Å²) >= 11 is 7.20. The largest absolute Gasteiger partial charge is 0.481 e. The minimum absolute atomic E-state index is 0.0684. The number of pyridine rings is 2. The number of nitrogens with one attached hydrogen (secondary N) is 2. The average molecular weight is 691 g/mol. The molecule has 2 aliphatic heterocycles.